The number of carbonyl (C=O) groups excluding carboxylic acids is 5. The molecule has 2 unspecified atom stereocenters. The van der Waals surface area contributed by atoms with Crippen molar-refractivity contribution in [2.75, 3.05) is 66.2 Å². The highest BCUT2D eigenvalue weighted by Crippen LogP contribution is 2.46. The molecule has 476 valence electrons. The quantitative estimate of drug-likeness (QED) is 0.00976. The van der Waals surface area contributed by atoms with Crippen LogP contribution in [0.1, 0.15) is 65.2 Å². The molecule has 17 N–H and O–H groups in total. The van der Waals surface area contributed by atoms with E-state index in [0.29, 0.717) is 90.0 Å². The first-order chi connectivity index (χ1) is 42.9. The van der Waals surface area contributed by atoms with Gasteiger partial charge in [-0.15, -0.1) is 13.2 Å². The smallest absolute Gasteiger partial charge is 0.326 e. The average Bonchev–Trinajstić information content (AvgIpc) is 1.72. The monoisotopic (exact) mass is 1350 g/mol. The molecule has 3 amide bonds. The molecule has 7 rings (SSSR count). The lowest BCUT2D eigenvalue weighted by Gasteiger charge is -2.39. The van der Waals surface area contributed by atoms with Crippen LogP contribution in [0.2, 0.25) is 0 Å². The zero-order valence-electron chi connectivity index (χ0n) is 49.7. The van der Waals surface area contributed by atoms with Crippen LogP contribution < -0.4 is 70.2 Å². The minimum Gasteiger partial charge on any atom is -0.497 e. The van der Waals surface area contributed by atoms with Crippen LogP contribution in [0.15, 0.2) is 144 Å². The summed E-state index contributed by atoms with van der Waals surface area (Å²) in [7, 11) is 1.59. The highest BCUT2D eigenvalue weighted by Gasteiger charge is 2.45. The number of hydrogen-bond acceptors (Lipinski definition) is 16. The summed E-state index contributed by atoms with van der Waals surface area (Å²) in [6.07, 6.45) is -0.327. The van der Waals surface area contributed by atoms with Gasteiger partial charge in [-0.3, -0.25) is 29.4 Å². The van der Waals surface area contributed by atoms with Crippen LogP contribution in [-0.4, -0.2) is 142 Å². The Morgan fingerprint density at radius 2 is 1.28 bits per heavy atom. The second-order valence-electron chi connectivity index (χ2n) is 18.8. The van der Waals surface area contributed by atoms with E-state index in [0.717, 1.165) is 20.1 Å². The number of oxime groups is 1. The maximum atomic E-state index is 15.1. The van der Waals surface area contributed by atoms with Crippen molar-refractivity contribution in [3.05, 3.63) is 153 Å². The lowest BCUT2D eigenvalue weighted by atomic mass is 9.91. The van der Waals surface area contributed by atoms with Crippen LogP contribution in [0.5, 0.6) is 23.0 Å². The summed E-state index contributed by atoms with van der Waals surface area (Å²) in [5.41, 5.74) is 50.8. The predicted molar refractivity (Wildman–Crippen MR) is 351 cm³/mol. The van der Waals surface area contributed by atoms with Crippen molar-refractivity contribution < 1.29 is 47.8 Å². The number of guanidine groups is 4. The molecule has 27 nitrogen and oxygen atoms in total. The van der Waals surface area contributed by atoms with E-state index in [1.807, 2.05) is 92.1 Å². The number of carbonyl (C=O) groups is 5. The van der Waals surface area contributed by atoms with E-state index in [-0.39, 0.29) is 93.6 Å². The standard InChI is InChI=1S/C56H69Br2N17O8.C2H4.2CH2O/c1-3-80-45-29-38(79-2)16-18-41(45)51-71-48(33-7-12-36(57)13-8-33)49(34-9-14-37(58)15-10-34)75(51)56(78)74-24-22-73(23-25-74)26-28-81-47(77)20-19-46(76)68-30-35-11-17-39(43(32-70-54(63)64)42(35)31-69-53(61)62)40-5-4-6-44(83-72-55(65)66)50(40)82-27-21-67-52(59)60;3*1-2/h4-18,29,48-49H,3,19-28,30-32H2,1-2H3,(H,68,76)(H4,59,60,67)(H4,61,62,69)(H4,63,64,70)(H4,65,66,72);1-2H2;2*1H2. The fourth-order valence-corrected chi connectivity index (χ4v) is 9.90. The van der Waals surface area contributed by atoms with Crippen molar-refractivity contribution in [1.82, 2.24) is 20.0 Å². The molecule has 2 heterocycles. The van der Waals surface area contributed by atoms with Gasteiger partial charge in [0.2, 0.25) is 17.6 Å². The van der Waals surface area contributed by atoms with E-state index < -0.39 is 24.0 Å². The first kappa shape index (κ1) is 71.7. The molecule has 29 heteroatoms. The Bertz CT molecular complexity index is 3290. The second-order valence-corrected chi connectivity index (χ2v) is 20.7. The summed E-state index contributed by atoms with van der Waals surface area (Å²) < 4.78 is 25.3. The number of methoxy groups -OCH3 is 1. The van der Waals surface area contributed by atoms with Gasteiger partial charge in [0.05, 0.1) is 51.4 Å². The highest BCUT2D eigenvalue weighted by atomic mass is 79.9. The Morgan fingerprint density at radius 1 is 0.674 bits per heavy atom. The van der Waals surface area contributed by atoms with Crippen molar-refractivity contribution in [2.24, 2.45) is 71.0 Å². The number of nitrogens with two attached hydrogens (primary N) is 8. The fraction of sp³-hybridized carbons (Fsp3) is 0.300. The number of ether oxygens (including phenoxy) is 4. The Morgan fingerprint density at radius 3 is 1.88 bits per heavy atom. The summed E-state index contributed by atoms with van der Waals surface area (Å²) in [6, 6.07) is 28.9. The topological polar surface area (TPSA) is 423 Å². The number of nitrogens with one attached hydrogen (secondary N) is 1. The predicted octanol–water partition coefficient (Wildman–Crippen LogP) is 4.41. The first-order valence-electron chi connectivity index (χ1n) is 27.5. The molecule has 0 aromatic heterocycles. The SMILES string of the molecule is C=C.C=O.C=O.CCOc1cc(OC)ccc1C1=NC(c2ccc(Br)cc2)C(c2ccc(Br)cc2)N1C(=O)N1CCN(CCOC(=O)CCC(=O)NCc2ccc(-c3cccc(ON=C(N)N)c3OCCN=C(N)N)c(CN=C(N)N)c2CN=C(N)N)CC1. The summed E-state index contributed by atoms with van der Waals surface area (Å²) in [5.74, 6) is 0.238. The van der Waals surface area contributed by atoms with Gasteiger partial charge in [-0.2, -0.15) is 0 Å². The van der Waals surface area contributed by atoms with Crippen LogP contribution in [0.4, 0.5) is 4.79 Å². The van der Waals surface area contributed by atoms with Gasteiger partial charge in [0, 0.05) is 66.3 Å². The third-order valence-electron chi connectivity index (χ3n) is 13.3. The summed E-state index contributed by atoms with van der Waals surface area (Å²) in [4.78, 5) is 86.8. The summed E-state index contributed by atoms with van der Waals surface area (Å²) in [5, 5.41) is 6.59. The maximum Gasteiger partial charge on any atom is 0.326 e. The van der Waals surface area contributed by atoms with Crippen molar-refractivity contribution >= 4 is 93.0 Å². The lowest BCUT2D eigenvalue weighted by molar-refractivity contribution is -0.145. The molecule has 2 aliphatic rings. The van der Waals surface area contributed by atoms with Crippen LogP contribution in [0, 0.1) is 0 Å². The molecule has 2 atom stereocenters. The Hall–Kier alpha value is -9.74. The highest BCUT2D eigenvalue weighted by molar-refractivity contribution is 9.10. The molecule has 0 saturated carbocycles. The number of hydrogen-bond donors (Lipinski definition) is 9. The molecule has 1 saturated heterocycles. The number of para-hydroxylation sites is 1. The molecule has 1 fully saturated rings. The Labute approximate surface area is 533 Å². The van der Waals surface area contributed by atoms with Crippen molar-refractivity contribution in [2.45, 2.75) is 51.5 Å². The van der Waals surface area contributed by atoms with Gasteiger partial charge in [0.25, 0.3) is 0 Å². The average molecular weight is 1360 g/mol. The molecule has 0 bridgehead atoms. The lowest BCUT2D eigenvalue weighted by Crippen LogP contribution is -2.54. The number of esters is 1. The van der Waals surface area contributed by atoms with Crippen molar-refractivity contribution in [3.63, 3.8) is 0 Å². The zero-order valence-corrected chi connectivity index (χ0v) is 52.8. The van der Waals surface area contributed by atoms with E-state index >= 15 is 4.79 Å². The number of aliphatic imine (C=N–C) groups is 4. The molecule has 0 radical (unpaired) electrons. The van der Waals surface area contributed by atoms with Crippen molar-refractivity contribution in [1.29, 1.82) is 0 Å². The summed E-state index contributed by atoms with van der Waals surface area (Å²) in [6.45, 7) is 14.7. The van der Waals surface area contributed by atoms with Crippen LogP contribution in [0.25, 0.3) is 11.1 Å². The molecule has 5 aromatic rings. The van der Waals surface area contributed by atoms with Gasteiger partial charge in [-0.05, 0) is 87.9 Å². The zero-order chi connectivity index (χ0) is 65.6. The molecule has 89 heavy (non-hydrogen) atoms. The number of urea groups is 1. The van der Waals surface area contributed by atoms with E-state index in [2.05, 4.69) is 75.4 Å². The van der Waals surface area contributed by atoms with Crippen molar-refractivity contribution in [3.8, 4) is 34.1 Å². The van der Waals surface area contributed by atoms with E-state index in [1.165, 1.54) is 0 Å². The van der Waals surface area contributed by atoms with Crippen LogP contribution in [-0.2, 0) is 43.5 Å². The van der Waals surface area contributed by atoms with E-state index in [4.69, 9.17) is 84.2 Å². The number of piperazine rings is 1. The Kier molecular flexibility index (Phi) is 29.9. The maximum absolute atomic E-state index is 15.1. The Balaban J connectivity index is 0.00000274. The number of amidine groups is 1. The molecular formula is C60H77Br2N17O10. The number of halogens is 2. The first-order valence-corrected chi connectivity index (χ1v) is 29.1. The van der Waals surface area contributed by atoms with Crippen LogP contribution in [0.3, 0.4) is 0 Å². The molecule has 0 aliphatic carbocycles. The minimum absolute atomic E-state index is 0.0145. The van der Waals surface area contributed by atoms with E-state index in [9.17, 15) is 9.59 Å². The largest absolute Gasteiger partial charge is 0.497 e. The number of amides is 3. The molecular weight excluding hydrogens is 1280 g/mol. The van der Waals surface area contributed by atoms with Crippen LogP contribution >= 0.6 is 31.9 Å². The molecule has 0 spiro atoms. The summed E-state index contributed by atoms with van der Waals surface area (Å²) >= 11 is 7.16. The van der Waals surface area contributed by atoms with Gasteiger partial charge in [-0.1, -0.05) is 80.4 Å². The minimum atomic E-state index is -0.543. The number of benzene rings is 5. The second kappa shape index (κ2) is 37.1. The molecule has 5 aromatic carbocycles. The third kappa shape index (κ3) is 21.0. The fourth-order valence-electron chi connectivity index (χ4n) is 9.37. The normalized spacial score (nSPS) is 14.0. The van der Waals surface area contributed by atoms with Gasteiger partial charge >= 0.3 is 12.0 Å². The number of nitrogens with zero attached hydrogens (tertiary/aromatic N) is 8. The van der Waals surface area contributed by atoms with Gasteiger partial charge < -0.3 is 89.5 Å². The van der Waals surface area contributed by atoms with Gasteiger partial charge in [-0.25, -0.2) is 14.8 Å². The van der Waals surface area contributed by atoms with Gasteiger partial charge in [0.15, 0.2) is 23.6 Å². The van der Waals surface area contributed by atoms with E-state index in [1.54, 1.807) is 42.3 Å². The number of rotatable bonds is 25. The molecule has 2 aliphatic heterocycles. The van der Waals surface area contributed by atoms with Gasteiger partial charge in [0.1, 0.15) is 50.2 Å². The third-order valence-corrected chi connectivity index (χ3v) is 14.3.